The van der Waals surface area contributed by atoms with E-state index in [2.05, 4.69) is 45.3 Å². The monoisotopic (exact) mass is 265 g/mol. The highest BCUT2D eigenvalue weighted by Crippen LogP contribution is 2.08. The first-order chi connectivity index (χ1) is 7.51. The van der Waals surface area contributed by atoms with Gasteiger partial charge in [-0.05, 0) is 0 Å². The molecule has 0 saturated heterocycles. The van der Waals surface area contributed by atoms with Crippen LogP contribution in [0.2, 0.25) is 39.3 Å². The van der Waals surface area contributed by atoms with Crippen molar-refractivity contribution in [1.29, 1.82) is 0 Å². The normalized spacial score (nSPS) is 12.6. The van der Waals surface area contributed by atoms with Crippen LogP contribution in [0.3, 0.4) is 0 Å². The fraction of sp³-hybridized carbons (Fsp3) is 0.462. The van der Waals surface area contributed by atoms with Crippen molar-refractivity contribution in [3.05, 3.63) is 23.8 Å². The molecule has 2 nitrogen and oxygen atoms in total. The number of hydrogen-bond acceptors (Lipinski definition) is 1. The zero-order valence-electron chi connectivity index (χ0n) is 11.7. The molecule has 17 heavy (non-hydrogen) atoms. The second-order valence-corrected chi connectivity index (χ2v) is 16.8. The molecule has 0 aliphatic heterocycles. The van der Waals surface area contributed by atoms with Gasteiger partial charge in [-0.3, -0.25) is 4.79 Å². The van der Waals surface area contributed by atoms with Crippen molar-refractivity contribution in [1.82, 2.24) is 0 Å². The number of carbonyl (C=O) groups excluding carboxylic acids is 1. The van der Waals surface area contributed by atoms with Crippen molar-refractivity contribution >= 4 is 32.4 Å². The van der Waals surface area contributed by atoms with E-state index < -0.39 is 16.1 Å². The van der Waals surface area contributed by atoms with E-state index in [4.69, 9.17) is 5.73 Å². The van der Waals surface area contributed by atoms with Crippen LogP contribution in [0.15, 0.2) is 18.2 Å². The Bertz CT molecular complexity index is 409. The van der Waals surface area contributed by atoms with Gasteiger partial charge in [0.25, 0.3) is 0 Å². The van der Waals surface area contributed by atoms with Gasteiger partial charge in [0.05, 0.1) is 16.1 Å². The fourth-order valence-corrected chi connectivity index (χ4v) is 4.13. The third kappa shape index (κ3) is 3.54. The van der Waals surface area contributed by atoms with Gasteiger partial charge in [-0.2, -0.15) is 0 Å². The topological polar surface area (TPSA) is 43.1 Å². The number of amides is 1. The Morgan fingerprint density at radius 1 is 0.882 bits per heavy atom. The van der Waals surface area contributed by atoms with E-state index in [0.29, 0.717) is 5.56 Å². The summed E-state index contributed by atoms with van der Waals surface area (Å²) >= 11 is 0. The second kappa shape index (κ2) is 4.42. The van der Waals surface area contributed by atoms with Crippen molar-refractivity contribution in [2.24, 2.45) is 5.73 Å². The third-order valence-electron chi connectivity index (χ3n) is 2.95. The first-order valence-corrected chi connectivity index (χ1v) is 13.0. The Morgan fingerprint density at radius 3 is 1.47 bits per heavy atom. The summed E-state index contributed by atoms with van der Waals surface area (Å²) < 4.78 is 0. The van der Waals surface area contributed by atoms with E-state index in [0.717, 1.165) is 0 Å². The molecule has 0 saturated carbocycles. The highest BCUT2D eigenvalue weighted by molar-refractivity contribution is 6.91. The number of carbonyl (C=O) groups is 1. The predicted octanol–water partition coefficient (Wildman–Crippen LogP) is 1.88. The molecule has 0 bridgehead atoms. The lowest BCUT2D eigenvalue weighted by atomic mass is 10.2. The summed E-state index contributed by atoms with van der Waals surface area (Å²) in [6.45, 7) is 13.8. The van der Waals surface area contributed by atoms with Crippen molar-refractivity contribution in [3.63, 3.8) is 0 Å². The lowest BCUT2D eigenvalue weighted by molar-refractivity contribution is 0.100. The Morgan fingerprint density at radius 2 is 1.24 bits per heavy atom. The maximum Gasteiger partial charge on any atom is 0.248 e. The van der Waals surface area contributed by atoms with Crippen LogP contribution in [0.1, 0.15) is 10.4 Å². The number of nitrogens with two attached hydrogens (primary N) is 1. The minimum Gasteiger partial charge on any atom is -0.366 e. The number of rotatable bonds is 3. The Kier molecular flexibility index (Phi) is 3.69. The van der Waals surface area contributed by atoms with Gasteiger partial charge in [-0.1, -0.05) is 67.9 Å². The van der Waals surface area contributed by atoms with Crippen LogP contribution in [0.4, 0.5) is 0 Å². The van der Waals surface area contributed by atoms with Gasteiger partial charge in [-0.15, -0.1) is 0 Å². The summed E-state index contributed by atoms with van der Waals surface area (Å²) in [7, 11) is -2.81. The zero-order chi connectivity index (χ0) is 13.4. The van der Waals surface area contributed by atoms with E-state index >= 15 is 0 Å². The molecule has 0 aliphatic rings. The van der Waals surface area contributed by atoms with E-state index in [1.54, 1.807) is 0 Å². The molecule has 0 aromatic heterocycles. The fourth-order valence-electron chi connectivity index (χ4n) is 1.64. The molecular formula is C13H23NOSi2. The number of primary amides is 1. The van der Waals surface area contributed by atoms with Crippen LogP contribution >= 0.6 is 0 Å². The lowest BCUT2D eigenvalue weighted by Gasteiger charge is -2.23. The number of hydrogen-bond donors (Lipinski definition) is 1. The molecule has 94 valence electrons. The lowest BCUT2D eigenvalue weighted by Crippen LogP contribution is -2.46. The van der Waals surface area contributed by atoms with Crippen LogP contribution < -0.4 is 16.1 Å². The molecule has 4 heteroatoms. The van der Waals surface area contributed by atoms with Gasteiger partial charge in [0.15, 0.2) is 0 Å². The maximum absolute atomic E-state index is 11.4. The summed E-state index contributed by atoms with van der Waals surface area (Å²) in [4.78, 5) is 11.4. The van der Waals surface area contributed by atoms with Crippen molar-refractivity contribution in [2.45, 2.75) is 39.3 Å². The SMILES string of the molecule is C[Si](C)(C)c1cc(C(N)=O)cc([Si](C)(C)C)c1. The van der Waals surface area contributed by atoms with E-state index in [9.17, 15) is 4.79 Å². The molecule has 1 aromatic carbocycles. The summed E-state index contributed by atoms with van der Waals surface area (Å²) in [6, 6.07) is 6.27. The zero-order valence-corrected chi connectivity index (χ0v) is 13.7. The average molecular weight is 266 g/mol. The first-order valence-electron chi connectivity index (χ1n) is 5.97. The minimum absolute atomic E-state index is 0.315. The summed E-state index contributed by atoms with van der Waals surface area (Å²) in [5, 5.41) is 2.65. The smallest absolute Gasteiger partial charge is 0.248 e. The van der Waals surface area contributed by atoms with Gasteiger partial charge in [0.2, 0.25) is 5.91 Å². The molecule has 0 heterocycles. The maximum atomic E-state index is 11.4. The molecule has 1 amide bonds. The molecule has 0 spiro atoms. The van der Waals surface area contributed by atoms with Crippen LogP contribution in [-0.2, 0) is 0 Å². The van der Waals surface area contributed by atoms with Gasteiger partial charge in [0.1, 0.15) is 0 Å². The van der Waals surface area contributed by atoms with Crippen LogP contribution in [0.25, 0.3) is 0 Å². The van der Waals surface area contributed by atoms with Crippen molar-refractivity contribution < 1.29 is 4.79 Å². The highest BCUT2D eigenvalue weighted by atomic mass is 28.3. The van der Waals surface area contributed by atoms with Crippen LogP contribution in [-0.4, -0.2) is 22.1 Å². The molecule has 0 aliphatic carbocycles. The van der Waals surface area contributed by atoms with E-state index in [1.807, 2.05) is 12.1 Å². The largest absolute Gasteiger partial charge is 0.366 e. The van der Waals surface area contributed by atoms with Gasteiger partial charge in [0, 0.05) is 5.56 Å². The van der Waals surface area contributed by atoms with E-state index in [-0.39, 0.29) is 5.91 Å². The average Bonchev–Trinajstić information content (AvgIpc) is 2.14. The summed E-state index contributed by atoms with van der Waals surface area (Å²) in [5.74, 6) is -0.315. The molecule has 0 fully saturated rings. The van der Waals surface area contributed by atoms with Crippen LogP contribution in [0.5, 0.6) is 0 Å². The standard InChI is InChI=1S/C13H23NOSi2/c1-16(2,3)11-7-10(13(14)15)8-12(9-11)17(4,5)6/h7-9H,1-6H3,(H2,14,15). The van der Waals surface area contributed by atoms with Crippen LogP contribution in [0, 0.1) is 0 Å². The quantitative estimate of drug-likeness (QED) is 0.833. The summed E-state index contributed by atoms with van der Waals surface area (Å²) in [6.07, 6.45) is 0. The third-order valence-corrected chi connectivity index (χ3v) is 6.99. The highest BCUT2D eigenvalue weighted by Gasteiger charge is 2.23. The van der Waals surface area contributed by atoms with Gasteiger partial charge < -0.3 is 5.73 Å². The first kappa shape index (κ1) is 14.2. The number of benzene rings is 1. The minimum atomic E-state index is -1.41. The van der Waals surface area contributed by atoms with E-state index in [1.165, 1.54) is 10.4 Å². The second-order valence-electron chi connectivity index (χ2n) is 6.66. The molecule has 0 unspecified atom stereocenters. The van der Waals surface area contributed by atoms with Crippen molar-refractivity contribution in [3.8, 4) is 0 Å². The Labute approximate surface area is 106 Å². The Hall–Kier alpha value is -0.876. The molecule has 2 N–H and O–H groups in total. The van der Waals surface area contributed by atoms with Gasteiger partial charge in [-0.25, -0.2) is 0 Å². The van der Waals surface area contributed by atoms with Gasteiger partial charge >= 0.3 is 0 Å². The molecular weight excluding hydrogens is 242 g/mol. The molecule has 1 aromatic rings. The molecule has 1 rings (SSSR count). The molecule has 0 atom stereocenters. The molecule has 0 radical (unpaired) electrons. The Balaban J connectivity index is 3.45. The predicted molar refractivity (Wildman–Crippen MR) is 80.9 cm³/mol. The van der Waals surface area contributed by atoms with Crippen molar-refractivity contribution in [2.75, 3.05) is 0 Å². The summed E-state index contributed by atoms with van der Waals surface area (Å²) in [5.41, 5.74) is 6.10.